The van der Waals surface area contributed by atoms with E-state index in [0.717, 1.165) is 28.3 Å². The van der Waals surface area contributed by atoms with Gasteiger partial charge in [0.2, 0.25) is 0 Å². The fourth-order valence-electron chi connectivity index (χ4n) is 2.50. The molecule has 0 amide bonds. The van der Waals surface area contributed by atoms with Crippen LogP contribution in [0, 0.1) is 13.8 Å². The molecule has 5 nitrogen and oxygen atoms in total. The van der Waals surface area contributed by atoms with Crippen molar-refractivity contribution >= 4 is 17.0 Å². The fraction of sp³-hybridized carbons (Fsp3) is 0.188. The van der Waals surface area contributed by atoms with Crippen molar-refractivity contribution in [3.05, 3.63) is 47.3 Å². The number of rotatable bonds is 2. The van der Waals surface area contributed by atoms with E-state index < -0.39 is 5.97 Å². The molecule has 0 saturated carbocycles. The molecule has 0 fully saturated rings. The predicted molar refractivity (Wildman–Crippen MR) is 80.4 cm³/mol. The molecule has 0 aliphatic carbocycles. The van der Waals surface area contributed by atoms with Crippen LogP contribution >= 0.6 is 0 Å². The highest BCUT2D eigenvalue weighted by Crippen LogP contribution is 2.26. The van der Waals surface area contributed by atoms with Crippen LogP contribution in [0.3, 0.4) is 0 Å². The van der Waals surface area contributed by atoms with Gasteiger partial charge >= 0.3 is 5.97 Å². The van der Waals surface area contributed by atoms with Gasteiger partial charge in [-0.25, -0.2) is 9.78 Å². The molecule has 2 aromatic heterocycles. The number of carboxylic acids is 1. The molecule has 3 rings (SSSR count). The number of benzene rings is 1. The summed E-state index contributed by atoms with van der Waals surface area (Å²) in [6.45, 7) is 3.90. The molecule has 3 aromatic rings. The molecule has 0 aliphatic heterocycles. The third kappa shape index (κ3) is 2.16. The molecule has 0 bridgehead atoms. The van der Waals surface area contributed by atoms with Crippen LogP contribution in [0.25, 0.3) is 22.4 Å². The summed E-state index contributed by atoms with van der Waals surface area (Å²) < 4.78 is 1.96. The van der Waals surface area contributed by atoms with Crippen molar-refractivity contribution in [2.45, 2.75) is 13.8 Å². The van der Waals surface area contributed by atoms with Crippen LogP contribution in [0.4, 0.5) is 0 Å². The highest BCUT2D eigenvalue weighted by Gasteiger charge is 2.14. The Morgan fingerprint density at radius 3 is 2.57 bits per heavy atom. The molecular weight excluding hydrogens is 266 g/mol. The van der Waals surface area contributed by atoms with Crippen molar-refractivity contribution in [1.82, 2.24) is 14.5 Å². The molecule has 0 spiro atoms. The van der Waals surface area contributed by atoms with E-state index in [0.29, 0.717) is 5.52 Å². The number of hydrogen-bond acceptors (Lipinski definition) is 3. The number of carboxylic acid groups (broad SMARTS) is 1. The number of pyridine rings is 1. The van der Waals surface area contributed by atoms with E-state index >= 15 is 0 Å². The van der Waals surface area contributed by atoms with E-state index in [2.05, 4.69) is 9.97 Å². The molecule has 2 heterocycles. The van der Waals surface area contributed by atoms with Crippen LogP contribution in [0.2, 0.25) is 0 Å². The maximum absolute atomic E-state index is 11.1. The molecule has 0 saturated heterocycles. The first-order valence-electron chi connectivity index (χ1n) is 6.62. The van der Waals surface area contributed by atoms with Gasteiger partial charge in [0.15, 0.2) is 0 Å². The van der Waals surface area contributed by atoms with E-state index in [1.54, 1.807) is 18.2 Å². The van der Waals surface area contributed by atoms with Gasteiger partial charge < -0.3 is 9.67 Å². The zero-order chi connectivity index (χ0) is 15.1. The van der Waals surface area contributed by atoms with E-state index in [1.807, 2.05) is 37.6 Å². The van der Waals surface area contributed by atoms with E-state index in [-0.39, 0.29) is 5.56 Å². The summed E-state index contributed by atoms with van der Waals surface area (Å²) in [5.41, 5.74) is 4.64. The van der Waals surface area contributed by atoms with Gasteiger partial charge in [0.05, 0.1) is 16.6 Å². The second-order valence-corrected chi connectivity index (χ2v) is 5.09. The van der Waals surface area contributed by atoms with Gasteiger partial charge in [0.25, 0.3) is 0 Å². The average Bonchev–Trinajstić information content (AvgIpc) is 2.75. The van der Waals surface area contributed by atoms with E-state index in [9.17, 15) is 4.79 Å². The minimum atomic E-state index is -0.947. The summed E-state index contributed by atoms with van der Waals surface area (Å²) in [4.78, 5) is 20.1. The van der Waals surface area contributed by atoms with Gasteiger partial charge in [0, 0.05) is 24.0 Å². The number of nitrogens with zero attached hydrogens (tertiary/aromatic N) is 3. The highest BCUT2D eigenvalue weighted by atomic mass is 16.4. The first-order valence-corrected chi connectivity index (χ1v) is 6.62. The summed E-state index contributed by atoms with van der Waals surface area (Å²) in [7, 11) is 1.92. The fourth-order valence-corrected chi connectivity index (χ4v) is 2.50. The third-order valence-corrected chi connectivity index (χ3v) is 3.59. The Morgan fingerprint density at radius 1 is 1.14 bits per heavy atom. The number of hydrogen-bond donors (Lipinski definition) is 1. The van der Waals surface area contributed by atoms with Gasteiger partial charge in [-0.05, 0) is 44.2 Å². The second-order valence-electron chi connectivity index (χ2n) is 5.09. The van der Waals surface area contributed by atoms with Crippen molar-refractivity contribution in [3.8, 4) is 11.4 Å². The monoisotopic (exact) mass is 281 g/mol. The lowest BCUT2D eigenvalue weighted by molar-refractivity contribution is 0.0697. The largest absolute Gasteiger partial charge is 0.478 e. The average molecular weight is 281 g/mol. The Labute approximate surface area is 121 Å². The molecular formula is C16H15N3O2. The molecule has 5 heteroatoms. The number of fused-ring (bicyclic) bond motifs is 1. The Balaban J connectivity index is 2.23. The summed E-state index contributed by atoms with van der Waals surface area (Å²) >= 11 is 0. The molecule has 0 unspecified atom stereocenters. The lowest BCUT2D eigenvalue weighted by Gasteiger charge is -2.06. The van der Waals surface area contributed by atoms with E-state index in [4.69, 9.17) is 5.11 Å². The van der Waals surface area contributed by atoms with Crippen LogP contribution in [0.15, 0.2) is 30.3 Å². The smallest absolute Gasteiger partial charge is 0.335 e. The molecule has 0 radical (unpaired) electrons. The Kier molecular flexibility index (Phi) is 2.97. The molecule has 1 aromatic carbocycles. The molecule has 21 heavy (non-hydrogen) atoms. The SMILES string of the molecule is Cc1ccc(-c2nc3cc(C(=O)O)ccc3n2C)c(C)n1. The zero-order valence-electron chi connectivity index (χ0n) is 12.1. The quantitative estimate of drug-likeness (QED) is 0.784. The van der Waals surface area contributed by atoms with Gasteiger partial charge in [0.1, 0.15) is 5.82 Å². The lowest BCUT2D eigenvalue weighted by Crippen LogP contribution is -1.97. The third-order valence-electron chi connectivity index (χ3n) is 3.59. The summed E-state index contributed by atoms with van der Waals surface area (Å²) in [6.07, 6.45) is 0. The number of imidazole rings is 1. The summed E-state index contributed by atoms with van der Waals surface area (Å²) in [5, 5.41) is 9.07. The van der Waals surface area contributed by atoms with Gasteiger partial charge in [-0.15, -0.1) is 0 Å². The Hall–Kier alpha value is -2.69. The maximum atomic E-state index is 11.1. The minimum Gasteiger partial charge on any atom is -0.478 e. The summed E-state index contributed by atoms with van der Waals surface area (Å²) in [5.74, 6) is -0.158. The van der Waals surface area contributed by atoms with Crippen LogP contribution in [0.5, 0.6) is 0 Å². The molecule has 106 valence electrons. The lowest BCUT2D eigenvalue weighted by atomic mass is 10.2. The number of aromatic nitrogens is 3. The van der Waals surface area contributed by atoms with Crippen LogP contribution in [0.1, 0.15) is 21.7 Å². The minimum absolute atomic E-state index is 0.242. The van der Waals surface area contributed by atoms with Crippen molar-refractivity contribution in [2.24, 2.45) is 7.05 Å². The van der Waals surface area contributed by atoms with Crippen molar-refractivity contribution in [1.29, 1.82) is 0 Å². The van der Waals surface area contributed by atoms with Crippen LogP contribution < -0.4 is 0 Å². The second kappa shape index (κ2) is 4.70. The van der Waals surface area contributed by atoms with E-state index in [1.165, 1.54) is 0 Å². The van der Waals surface area contributed by atoms with Gasteiger partial charge in [-0.1, -0.05) is 0 Å². The standard InChI is InChI=1S/C16H15N3O2/c1-9-4-6-12(10(2)17-9)15-18-13-8-11(16(20)21)5-7-14(13)19(15)3/h4-8H,1-3H3,(H,20,21). The summed E-state index contributed by atoms with van der Waals surface area (Å²) in [6, 6.07) is 8.92. The number of carbonyl (C=O) groups is 1. The van der Waals surface area contributed by atoms with Crippen LogP contribution in [-0.4, -0.2) is 25.6 Å². The maximum Gasteiger partial charge on any atom is 0.335 e. The number of aryl methyl sites for hydroxylation is 3. The first kappa shape index (κ1) is 13.3. The zero-order valence-corrected chi connectivity index (χ0v) is 12.1. The molecule has 0 atom stereocenters. The van der Waals surface area contributed by atoms with Crippen molar-refractivity contribution < 1.29 is 9.90 Å². The molecule has 0 aliphatic rings. The predicted octanol–water partition coefficient (Wildman–Crippen LogP) is 2.95. The number of aromatic carboxylic acids is 1. The molecule has 1 N–H and O–H groups in total. The Morgan fingerprint density at radius 2 is 1.90 bits per heavy atom. The van der Waals surface area contributed by atoms with Gasteiger partial charge in [-0.2, -0.15) is 0 Å². The van der Waals surface area contributed by atoms with Gasteiger partial charge in [-0.3, -0.25) is 4.98 Å². The topological polar surface area (TPSA) is 68.0 Å². The van der Waals surface area contributed by atoms with Crippen LogP contribution in [-0.2, 0) is 7.05 Å². The normalized spacial score (nSPS) is 11.0. The van der Waals surface area contributed by atoms with Crippen molar-refractivity contribution in [3.63, 3.8) is 0 Å². The Bertz CT molecular complexity index is 865. The first-order chi connectivity index (χ1) is 9.97. The van der Waals surface area contributed by atoms with Crippen molar-refractivity contribution in [2.75, 3.05) is 0 Å². The highest BCUT2D eigenvalue weighted by molar-refractivity contribution is 5.93.